The van der Waals surface area contributed by atoms with E-state index in [-0.39, 0.29) is 11.3 Å². The number of nitrogens with zero attached hydrogens (tertiary/aromatic N) is 2. The van der Waals surface area contributed by atoms with E-state index < -0.39 is 11.7 Å². The number of para-hydroxylation sites is 3. The molecule has 150 valence electrons. The van der Waals surface area contributed by atoms with Crippen molar-refractivity contribution in [1.29, 1.82) is 0 Å². The van der Waals surface area contributed by atoms with Crippen LogP contribution in [0.1, 0.15) is 5.56 Å². The topological polar surface area (TPSA) is 9.29 Å². The number of fused-ring (bicyclic) bond motifs is 3. The van der Waals surface area contributed by atoms with Crippen molar-refractivity contribution in [3.8, 4) is 16.8 Å². The Morgan fingerprint density at radius 2 is 1.26 bits per heavy atom. The highest BCUT2D eigenvalue weighted by atomic mass is 19.4. The molecule has 31 heavy (non-hydrogen) atoms. The molecule has 0 fully saturated rings. The van der Waals surface area contributed by atoms with Crippen molar-refractivity contribution in [2.24, 2.45) is 0 Å². The minimum absolute atomic E-state index is 0.0366. The first kappa shape index (κ1) is 19.0. The van der Waals surface area contributed by atoms with Gasteiger partial charge in [0.05, 0.1) is 28.9 Å². The molecule has 0 unspecified atom stereocenters. The number of halogens is 3. The quantitative estimate of drug-likeness (QED) is 0.260. The third-order valence-electron chi connectivity index (χ3n) is 5.45. The number of rotatable bonds is 2. The Labute approximate surface area is 176 Å². The molecule has 1 heterocycles. The highest BCUT2D eigenvalue weighted by Crippen LogP contribution is 2.42. The van der Waals surface area contributed by atoms with Crippen LogP contribution in [0.5, 0.6) is 0 Å². The van der Waals surface area contributed by atoms with Crippen molar-refractivity contribution in [1.82, 2.24) is 4.57 Å². The van der Waals surface area contributed by atoms with Crippen molar-refractivity contribution in [2.75, 3.05) is 0 Å². The second kappa shape index (κ2) is 7.03. The van der Waals surface area contributed by atoms with E-state index in [9.17, 15) is 13.2 Å². The molecule has 0 radical (unpaired) electrons. The second-order valence-electron chi connectivity index (χ2n) is 7.23. The predicted octanol–water partition coefficient (Wildman–Crippen LogP) is 8.02. The molecule has 0 aliphatic rings. The highest BCUT2D eigenvalue weighted by molar-refractivity contribution is 6.09. The summed E-state index contributed by atoms with van der Waals surface area (Å²) >= 11 is 0. The lowest BCUT2D eigenvalue weighted by Crippen LogP contribution is -2.08. The summed E-state index contributed by atoms with van der Waals surface area (Å²) < 4.78 is 43.8. The Morgan fingerprint density at radius 1 is 0.677 bits per heavy atom. The molecule has 0 bridgehead atoms. The molecule has 0 spiro atoms. The van der Waals surface area contributed by atoms with Crippen molar-refractivity contribution in [2.45, 2.75) is 6.18 Å². The Kier molecular flexibility index (Phi) is 4.30. The molecule has 5 rings (SSSR count). The van der Waals surface area contributed by atoms with E-state index in [4.69, 9.17) is 6.57 Å². The van der Waals surface area contributed by atoms with Crippen molar-refractivity contribution in [3.05, 3.63) is 108 Å². The van der Waals surface area contributed by atoms with Gasteiger partial charge < -0.3 is 4.57 Å². The molecule has 0 amide bonds. The van der Waals surface area contributed by atoms with Crippen molar-refractivity contribution < 1.29 is 13.2 Å². The van der Waals surface area contributed by atoms with Crippen LogP contribution in [-0.4, -0.2) is 4.57 Å². The molecular formula is C26H15F3N2. The number of hydrogen-bond donors (Lipinski definition) is 0. The fourth-order valence-corrected chi connectivity index (χ4v) is 4.15. The summed E-state index contributed by atoms with van der Waals surface area (Å²) in [5.41, 5.74) is 2.15. The molecule has 0 atom stereocenters. The van der Waals surface area contributed by atoms with E-state index in [1.807, 2.05) is 65.2 Å². The molecule has 0 aliphatic carbocycles. The van der Waals surface area contributed by atoms with Crippen LogP contribution in [0, 0.1) is 6.57 Å². The zero-order valence-electron chi connectivity index (χ0n) is 16.2. The average molecular weight is 412 g/mol. The first-order chi connectivity index (χ1) is 15.0. The van der Waals surface area contributed by atoms with Gasteiger partial charge in [-0.15, -0.1) is 0 Å². The van der Waals surface area contributed by atoms with E-state index >= 15 is 0 Å². The highest BCUT2D eigenvalue weighted by Gasteiger charge is 2.34. The average Bonchev–Trinajstić information content (AvgIpc) is 3.12. The van der Waals surface area contributed by atoms with Crippen LogP contribution >= 0.6 is 0 Å². The first-order valence-corrected chi connectivity index (χ1v) is 9.66. The Hall–Kier alpha value is -4.04. The van der Waals surface area contributed by atoms with E-state index in [2.05, 4.69) is 4.85 Å². The summed E-state index contributed by atoms with van der Waals surface area (Å²) in [6.07, 6.45) is -4.58. The standard InChI is InChI=1S/C26H15F3N2/c1-30-17-14-15-18(22(16-17)26(27,28)29)19-8-2-5-11-23(19)31-24-12-6-3-9-20(24)21-10-4-7-13-25(21)31/h2-16H. The molecular weight excluding hydrogens is 397 g/mol. The fraction of sp³-hybridized carbons (Fsp3) is 0.0385. The van der Waals surface area contributed by atoms with Crippen molar-refractivity contribution >= 4 is 27.5 Å². The van der Waals surface area contributed by atoms with Crippen LogP contribution in [0.4, 0.5) is 18.9 Å². The van der Waals surface area contributed by atoms with E-state index in [0.717, 1.165) is 27.9 Å². The van der Waals surface area contributed by atoms with E-state index in [0.29, 0.717) is 11.3 Å². The maximum Gasteiger partial charge on any atom is 0.415 e. The molecule has 5 aromatic rings. The summed E-state index contributed by atoms with van der Waals surface area (Å²) in [4.78, 5) is 3.18. The minimum atomic E-state index is -4.58. The third-order valence-corrected chi connectivity index (χ3v) is 5.45. The zero-order valence-corrected chi connectivity index (χ0v) is 16.2. The number of benzene rings is 4. The summed E-state index contributed by atoms with van der Waals surface area (Å²) in [5, 5.41) is 2.07. The normalized spacial score (nSPS) is 11.7. The van der Waals surface area contributed by atoms with Gasteiger partial charge in [-0.2, -0.15) is 13.2 Å². The molecule has 5 heteroatoms. The predicted molar refractivity (Wildman–Crippen MR) is 117 cm³/mol. The van der Waals surface area contributed by atoms with Gasteiger partial charge in [0.2, 0.25) is 0 Å². The van der Waals surface area contributed by atoms with Gasteiger partial charge in [-0.3, -0.25) is 0 Å². The monoisotopic (exact) mass is 412 g/mol. The van der Waals surface area contributed by atoms with Gasteiger partial charge >= 0.3 is 6.18 Å². The Bertz CT molecular complexity index is 1430. The number of alkyl halides is 3. The van der Waals surface area contributed by atoms with Crippen LogP contribution in [0.15, 0.2) is 91.0 Å². The minimum Gasteiger partial charge on any atom is -0.309 e. The summed E-state index contributed by atoms with van der Waals surface area (Å²) in [6, 6.07) is 26.6. The maximum absolute atomic E-state index is 13.9. The van der Waals surface area contributed by atoms with Gasteiger partial charge in [0, 0.05) is 16.3 Å². The first-order valence-electron chi connectivity index (χ1n) is 9.66. The van der Waals surface area contributed by atoms with E-state index in [1.54, 1.807) is 12.1 Å². The smallest absolute Gasteiger partial charge is 0.309 e. The van der Waals surface area contributed by atoms with Gasteiger partial charge in [-0.1, -0.05) is 66.7 Å². The molecule has 4 aromatic carbocycles. The molecule has 2 nitrogen and oxygen atoms in total. The SMILES string of the molecule is [C-]#[N+]c1ccc(-c2ccccc2-n2c3ccccc3c3ccccc32)c(C(F)(F)F)c1. The van der Waals surface area contributed by atoms with Crippen LogP contribution in [-0.2, 0) is 6.18 Å². The third kappa shape index (κ3) is 3.04. The van der Waals surface area contributed by atoms with E-state index in [1.165, 1.54) is 12.1 Å². The summed E-state index contributed by atoms with van der Waals surface area (Å²) in [5.74, 6) is 0. The maximum atomic E-state index is 13.9. The zero-order chi connectivity index (χ0) is 21.6. The van der Waals surface area contributed by atoms with Gasteiger partial charge in [-0.05, 0) is 29.8 Å². The van der Waals surface area contributed by atoms with Crippen LogP contribution in [0.2, 0.25) is 0 Å². The lowest BCUT2D eigenvalue weighted by molar-refractivity contribution is -0.137. The molecule has 0 aliphatic heterocycles. The van der Waals surface area contributed by atoms with Gasteiger partial charge in [0.25, 0.3) is 0 Å². The van der Waals surface area contributed by atoms with Gasteiger partial charge in [-0.25, -0.2) is 4.85 Å². The van der Waals surface area contributed by atoms with Gasteiger partial charge in [0.15, 0.2) is 5.69 Å². The molecule has 0 saturated carbocycles. The number of hydrogen-bond acceptors (Lipinski definition) is 0. The second-order valence-corrected chi connectivity index (χ2v) is 7.23. The Morgan fingerprint density at radius 3 is 1.87 bits per heavy atom. The lowest BCUT2D eigenvalue weighted by atomic mass is 9.97. The Balaban J connectivity index is 1.88. The molecule has 1 aromatic heterocycles. The lowest BCUT2D eigenvalue weighted by Gasteiger charge is -2.18. The van der Waals surface area contributed by atoms with Crippen LogP contribution in [0.25, 0.3) is 43.5 Å². The number of aromatic nitrogens is 1. The van der Waals surface area contributed by atoms with Crippen LogP contribution in [0.3, 0.4) is 0 Å². The molecule has 0 saturated heterocycles. The molecule has 0 N–H and O–H groups in total. The van der Waals surface area contributed by atoms with Crippen molar-refractivity contribution in [3.63, 3.8) is 0 Å². The van der Waals surface area contributed by atoms with Crippen LogP contribution < -0.4 is 0 Å². The fourth-order valence-electron chi connectivity index (χ4n) is 4.15. The van der Waals surface area contributed by atoms with Gasteiger partial charge in [0.1, 0.15) is 0 Å². The summed E-state index contributed by atoms with van der Waals surface area (Å²) in [6.45, 7) is 7.11. The largest absolute Gasteiger partial charge is 0.415 e. The summed E-state index contributed by atoms with van der Waals surface area (Å²) in [7, 11) is 0.